The maximum atomic E-state index is 5.26. The highest BCUT2D eigenvalue weighted by Crippen LogP contribution is 2.39. The Morgan fingerprint density at radius 1 is 1.33 bits per heavy atom. The summed E-state index contributed by atoms with van der Waals surface area (Å²) in [5, 5.41) is 0. The van der Waals surface area contributed by atoms with Crippen molar-refractivity contribution in [1.29, 1.82) is 0 Å². The summed E-state index contributed by atoms with van der Waals surface area (Å²) >= 11 is 0. The Hall–Kier alpha value is -0.500. The van der Waals surface area contributed by atoms with Crippen LogP contribution in [-0.4, -0.2) is 30.1 Å². The van der Waals surface area contributed by atoms with Gasteiger partial charge < -0.3 is 4.74 Å². The molecule has 2 heteroatoms. The summed E-state index contributed by atoms with van der Waals surface area (Å²) < 4.78 is 5.26. The third kappa shape index (κ3) is 1.14. The van der Waals surface area contributed by atoms with Crippen LogP contribution >= 0.6 is 0 Å². The Bertz CT molecular complexity index is 208. The van der Waals surface area contributed by atoms with Gasteiger partial charge >= 0.3 is 0 Å². The monoisotopic (exact) mass is 167 g/mol. The van der Waals surface area contributed by atoms with Gasteiger partial charge in [-0.25, -0.2) is 0 Å². The molecule has 0 aromatic rings. The van der Waals surface area contributed by atoms with Crippen molar-refractivity contribution in [2.45, 2.75) is 26.3 Å². The van der Waals surface area contributed by atoms with Crippen LogP contribution in [0, 0.1) is 5.41 Å². The lowest BCUT2D eigenvalue weighted by Gasteiger charge is -2.52. The summed E-state index contributed by atoms with van der Waals surface area (Å²) in [6.07, 6.45) is 4.06. The standard InChI is InChI=1S/C10H17NO/c1-9(2,3)11-6-10(7-11)4-5-12-8-10/h4-5H,6-8H2,1-3H3. The van der Waals surface area contributed by atoms with Gasteiger partial charge in [0.2, 0.25) is 0 Å². The molecular weight excluding hydrogens is 150 g/mol. The molecular formula is C10H17NO. The van der Waals surface area contributed by atoms with Gasteiger partial charge in [0.25, 0.3) is 0 Å². The van der Waals surface area contributed by atoms with E-state index < -0.39 is 0 Å². The van der Waals surface area contributed by atoms with Crippen LogP contribution in [0.3, 0.4) is 0 Å². The zero-order valence-electron chi connectivity index (χ0n) is 8.13. The SMILES string of the molecule is CC(C)(C)N1CC2(C=COC2)C1. The van der Waals surface area contributed by atoms with Crippen LogP contribution in [0.5, 0.6) is 0 Å². The van der Waals surface area contributed by atoms with E-state index in [1.807, 2.05) is 6.26 Å². The van der Waals surface area contributed by atoms with Crippen LogP contribution in [0.1, 0.15) is 20.8 Å². The third-order valence-electron chi connectivity index (χ3n) is 2.85. The zero-order chi connectivity index (χ0) is 8.82. The highest BCUT2D eigenvalue weighted by atomic mass is 16.5. The van der Waals surface area contributed by atoms with E-state index in [1.165, 1.54) is 0 Å². The lowest BCUT2D eigenvalue weighted by atomic mass is 9.78. The predicted molar refractivity (Wildman–Crippen MR) is 48.9 cm³/mol. The fourth-order valence-electron chi connectivity index (χ4n) is 1.84. The summed E-state index contributed by atoms with van der Waals surface area (Å²) in [5.74, 6) is 0. The van der Waals surface area contributed by atoms with E-state index in [2.05, 4.69) is 31.7 Å². The lowest BCUT2D eigenvalue weighted by Crippen LogP contribution is -2.62. The highest BCUT2D eigenvalue weighted by Gasteiger charge is 2.47. The molecule has 0 bridgehead atoms. The minimum absolute atomic E-state index is 0.321. The van der Waals surface area contributed by atoms with Crippen molar-refractivity contribution in [3.05, 3.63) is 12.3 Å². The molecule has 0 N–H and O–H groups in total. The predicted octanol–water partition coefficient (Wildman–Crippen LogP) is 1.63. The van der Waals surface area contributed by atoms with Gasteiger partial charge in [-0.2, -0.15) is 0 Å². The number of rotatable bonds is 0. The minimum atomic E-state index is 0.321. The van der Waals surface area contributed by atoms with Crippen molar-refractivity contribution < 1.29 is 4.74 Å². The average Bonchev–Trinajstić information content (AvgIpc) is 2.27. The van der Waals surface area contributed by atoms with Crippen LogP contribution in [0.4, 0.5) is 0 Å². The zero-order valence-corrected chi connectivity index (χ0v) is 8.13. The van der Waals surface area contributed by atoms with Gasteiger partial charge in [0, 0.05) is 18.6 Å². The molecule has 0 amide bonds. The van der Waals surface area contributed by atoms with Gasteiger partial charge in [-0.3, -0.25) is 4.90 Å². The molecule has 0 aliphatic carbocycles. The molecule has 0 saturated carbocycles. The van der Waals surface area contributed by atoms with Gasteiger partial charge in [0.15, 0.2) is 0 Å². The summed E-state index contributed by atoms with van der Waals surface area (Å²) in [6, 6.07) is 0. The van der Waals surface area contributed by atoms with E-state index in [0.29, 0.717) is 11.0 Å². The van der Waals surface area contributed by atoms with E-state index in [-0.39, 0.29) is 0 Å². The second-order valence-corrected chi connectivity index (χ2v) is 5.00. The molecule has 68 valence electrons. The molecule has 1 saturated heterocycles. The van der Waals surface area contributed by atoms with Crippen LogP contribution in [0.2, 0.25) is 0 Å². The minimum Gasteiger partial charge on any atom is -0.500 e. The molecule has 0 aromatic carbocycles. The number of hydrogen-bond donors (Lipinski definition) is 0. The van der Waals surface area contributed by atoms with Crippen LogP contribution in [0.25, 0.3) is 0 Å². The van der Waals surface area contributed by atoms with Crippen molar-refractivity contribution in [2.75, 3.05) is 19.7 Å². The molecule has 0 radical (unpaired) electrons. The third-order valence-corrected chi connectivity index (χ3v) is 2.85. The number of ether oxygens (including phenoxy) is 1. The second kappa shape index (κ2) is 2.25. The van der Waals surface area contributed by atoms with Gasteiger partial charge in [-0.05, 0) is 26.8 Å². The topological polar surface area (TPSA) is 12.5 Å². The molecule has 2 nitrogen and oxygen atoms in total. The maximum Gasteiger partial charge on any atom is 0.0989 e. The second-order valence-electron chi connectivity index (χ2n) is 5.00. The van der Waals surface area contributed by atoms with Crippen molar-refractivity contribution in [2.24, 2.45) is 5.41 Å². The number of hydrogen-bond acceptors (Lipinski definition) is 2. The first-order valence-electron chi connectivity index (χ1n) is 4.56. The van der Waals surface area contributed by atoms with Gasteiger partial charge in [0.05, 0.1) is 18.3 Å². The van der Waals surface area contributed by atoms with Crippen LogP contribution in [-0.2, 0) is 4.74 Å². The Kier molecular flexibility index (Phi) is 1.52. The largest absolute Gasteiger partial charge is 0.500 e. The lowest BCUT2D eigenvalue weighted by molar-refractivity contribution is -0.0459. The Morgan fingerprint density at radius 3 is 2.42 bits per heavy atom. The van der Waals surface area contributed by atoms with Crippen molar-refractivity contribution in [3.63, 3.8) is 0 Å². The van der Waals surface area contributed by atoms with Gasteiger partial charge in [-0.15, -0.1) is 0 Å². The first kappa shape index (κ1) is 8.11. The Labute approximate surface area is 74.2 Å². The molecule has 2 heterocycles. The Balaban J connectivity index is 1.95. The number of likely N-dealkylation sites (tertiary alicyclic amines) is 1. The van der Waals surface area contributed by atoms with Crippen molar-refractivity contribution in [3.8, 4) is 0 Å². The van der Waals surface area contributed by atoms with E-state index >= 15 is 0 Å². The molecule has 1 spiro atoms. The normalized spacial score (nSPS) is 27.2. The first-order valence-corrected chi connectivity index (χ1v) is 4.56. The molecule has 2 aliphatic heterocycles. The average molecular weight is 167 g/mol. The molecule has 2 aliphatic rings. The van der Waals surface area contributed by atoms with Gasteiger partial charge in [0.1, 0.15) is 0 Å². The summed E-state index contributed by atoms with van der Waals surface area (Å²) in [7, 11) is 0. The van der Waals surface area contributed by atoms with Crippen molar-refractivity contribution >= 4 is 0 Å². The molecule has 12 heavy (non-hydrogen) atoms. The quantitative estimate of drug-likeness (QED) is 0.543. The van der Waals surface area contributed by atoms with Crippen molar-refractivity contribution in [1.82, 2.24) is 4.90 Å². The van der Waals surface area contributed by atoms with E-state index in [4.69, 9.17) is 4.74 Å². The van der Waals surface area contributed by atoms with Crippen LogP contribution < -0.4 is 0 Å². The highest BCUT2D eigenvalue weighted by molar-refractivity contribution is 5.12. The maximum absolute atomic E-state index is 5.26. The molecule has 2 rings (SSSR count). The fourth-order valence-corrected chi connectivity index (χ4v) is 1.84. The molecule has 0 unspecified atom stereocenters. The molecule has 0 atom stereocenters. The summed E-state index contributed by atoms with van der Waals surface area (Å²) in [5.41, 5.74) is 0.689. The molecule has 0 aromatic heterocycles. The van der Waals surface area contributed by atoms with E-state index in [1.54, 1.807) is 0 Å². The molecule has 1 fully saturated rings. The number of nitrogens with zero attached hydrogens (tertiary/aromatic N) is 1. The summed E-state index contributed by atoms with van der Waals surface area (Å²) in [6.45, 7) is 10.00. The Morgan fingerprint density at radius 2 is 2.00 bits per heavy atom. The first-order chi connectivity index (χ1) is 5.52. The smallest absolute Gasteiger partial charge is 0.0989 e. The van der Waals surface area contributed by atoms with E-state index in [9.17, 15) is 0 Å². The summed E-state index contributed by atoms with van der Waals surface area (Å²) in [4.78, 5) is 2.49. The van der Waals surface area contributed by atoms with Gasteiger partial charge in [-0.1, -0.05) is 0 Å². The van der Waals surface area contributed by atoms with Crippen LogP contribution in [0.15, 0.2) is 12.3 Å². The fraction of sp³-hybridized carbons (Fsp3) is 0.800. The van der Waals surface area contributed by atoms with E-state index in [0.717, 1.165) is 19.7 Å².